The molecule has 146 valence electrons. The normalized spacial score (nSPS) is 22.9. The van der Waals surface area contributed by atoms with Gasteiger partial charge in [-0.1, -0.05) is 48.5 Å². The van der Waals surface area contributed by atoms with E-state index in [-0.39, 0.29) is 18.1 Å². The number of hydrogen-bond donors (Lipinski definition) is 1. The molecule has 2 aliphatic heterocycles. The van der Waals surface area contributed by atoms with Crippen LogP contribution in [0.5, 0.6) is 0 Å². The Balaban J connectivity index is 1.34. The molecule has 2 saturated heterocycles. The molecular formula is C23H25NO4. The summed E-state index contributed by atoms with van der Waals surface area (Å²) in [5.41, 5.74) is 3.92. The summed E-state index contributed by atoms with van der Waals surface area (Å²) in [5, 5.41) is 10.7. The van der Waals surface area contributed by atoms with E-state index in [1.807, 2.05) is 24.3 Å². The second-order valence-corrected chi connectivity index (χ2v) is 8.11. The Bertz CT molecular complexity index is 846. The molecule has 1 atom stereocenters. The SMILES string of the molecule is O=C(OCC1c2ccccc2-c2ccccc21)N1CCCCC1C1(O)COC1. The molecule has 28 heavy (non-hydrogen) atoms. The lowest BCUT2D eigenvalue weighted by atomic mass is 9.85. The lowest BCUT2D eigenvalue weighted by Gasteiger charge is -2.48. The summed E-state index contributed by atoms with van der Waals surface area (Å²) >= 11 is 0. The number of amides is 1. The maximum Gasteiger partial charge on any atom is 0.410 e. The summed E-state index contributed by atoms with van der Waals surface area (Å²) in [6, 6.07) is 16.4. The highest BCUT2D eigenvalue weighted by Crippen LogP contribution is 2.44. The van der Waals surface area contributed by atoms with E-state index >= 15 is 0 Å². The first-order valence-corrected chi connectivity index (χ1v) is 10.1. The minimum absolute atomic E-state index is 0.0507. The van der Waals surface area contributed by atoms with Crippen molar-refractivity contribution < 1.29 is 19.4 Å². The summed E-state index contributed by atoms with van der Waals surface area (Å²) in [5.74, 6) is 0.0507. The number of carbonyl (C=O) groups is 1. The monoisotopic (exact) mass is 379 g/mol. The standard InChI is InChI=1S/C23H25NO4/c25-22(24-12-6-5-11-21(24)23(26)14-27-15-23)28-13-20-18-9-3-1-7-16(18)17-8-2-4-10-19(17)20/h1-4,7-10,20-21,26H,5-6,11-15H2. The quantitative estimate of drug-likeness (QED) is 0.886. The van der Waals surface area contributed by atoms with Crippen LogP contribution in [0.3, 0.4) is 0 Å². The first-order chi connectivity index (χ1) is 13.7. The molecule has 5 rings (SSSR count). The molecule has 2 aromatic carbocycles. The Morgan fingerprint density at radius 1 is 1.07 bits per heavy atom. The average Bonchev–Trinajstić information content (AvgIpc) is 3.04. The third-order valence-electron chi connectivity index (χ3n) is 6.40. The minimum Gasteiger partial charge on any atom is -0.448 e. The summed E-state index contributed by atoms with van der Waals surface area (Å²) in [6.07, 6.45) is 2.42. The van der Waals surface area contributed by atoms with Gasteiger partial charge in [-0.15, -0.1) is 0 Å². The fraction of sp³-hybridized carbons (Fsp3) is 0.435. The van der Waals surface area contributed by atoms with Gasteiger partial charge in [0.1, 0.15) is 12.2 Å². The summed E-state index contributed by atoms with van der Waals surface area (Å²) in [7, 11) is 0. The van der Waals surface area contributed by atoms with Gasteiger partial charge in [0.15, 0.2) is 0 Å². The van der Waals surface area contributed by atoms with Crippen LogP contribution in [0.1, 0.15) is 36.3 Å². The number of nitrogens with zero attached hydrogens (tertiary/aromatic N) is 1. The van der Waals surface area contributed by atoms with Crippen LogP contribution in [-0.4, -0.2) is 54.1 Å². The Kier molecular flexibility index (Phi) is 4.37. The fourth-order valence-electron chi connectivity index (χ4n) is 4.89. The summed E-state index contributed by atoms with van der Waals surface area (Å²) in [6.45, 7) is 1.53. The number of likely N-dealkylation sites (tertiary alicyclic amines) is 1. The molecule has 0 aromatic heterocycles. The van der Waals surface area contributed by atoms with Crippen LogP contribution in [0.25, 0.3) is 11.1 Å². The Morgan fingerprint density at radius 3 is 2.32 bits per heavy atom. The smallest absolute Gasteiger partial charge is 0.410 e. The van der Waals surface area contributed by atoms with Crippen molar-refractivity contribution in [3.8, 4) is 11.1 Å². The van der Waals surface area contributed by atoms with E-state index < -0.39 is 5.60 Å². The van der Waals surface area contributed by atoms with E-state index in [9.17, 15) is 9.90 Å². The van der Waals surface area contributed by atoms with Crippen molar-refractivity contribution in [2.75, 3.05) is 26.4 Å². The van der Waals surface area contributed by atoms with Crippen LogP contribution in [0.15, 0.2) is 48.5 Å². The maximum atomic E-state index is 12.9. The molecule has 2 fully saturated rings. The number of ether oxygens (including phenoxy) is 2. The highest BCUT2D eigenvalue weighted by atomic mass is 16.6. The van der Waals surface area contributed by atoms with Crippen LogP contribution < -0.4 is 0 Å². The predicted octanol–water partition coefficient (Wildman–Crippen LogP) is 3.55. The molecule has 0 spiro atoms. The van der Waals surface area contributed by atoms with Crippen molar-refractivity contribution in [3.05, 3.63) is 59.7 Å². The van der Waals surface area contributed by atoms with Crippen molar-refractivity contribution in [2.24, 2.45) is 0 Å². The van der Waals surface area contributed by atoms with Crippen molar-refractivity contribution in [3.63, 3.8) is 0 Å². The molecule has 2 heterocycles. The molecule has 0 radical (unpaired) electrons. The van der Waals surface area contributed by atoms with E-state index in [1.54, 1.807) is 4.90 Å². The largest absolute Gasteiger partial charge is 0.448 e. The van der Waals surface area contributed by atoms with E-state index in [0.717, 1.165) is 19.3 Å². The second kappa shape index (κ2) is 6.90. The minimum atomic E-state index is -0.925. The van der Waals surface area contributed by atoms with E-state index in [1.165, 1.54) is 22.3 Å². The summed E-state index contributed by atoms with van der Waals surface area (Å²) < 4.78 is 11.0. The van der Waals surface area contributed by atoms with Crippen molar-refractivity contribution in [1.29, 1.82) is 0 Å². The molecule has 1 unspecified atom stereocenters. The number of hydrogen-bond acceptors (Lipinski definition) is 4. The van der Waals surface area contributed by atoms with Crippen LogP contribution >= 0.6 is 0 Å². The average molecular weight is 379 g/mol. The second-order valence-electron chi connectivity index (χ2n) is 8.11. The van der Waals surface area contributed by atoms with Crippen LogP contribution in [-0.2, 0) is 9.47 Å². The van der Waals surface area contributed by atoms with Gasteiger partial charge in [0.25, 0.3) is 0 Å². The number of rotatable bonds is 3. The zero-order valence-electron chi connectivity index (χ0n) is 15.8. The Labute approximate surface area is 164 Å². The maximum absolute atomic E-state index is 12.9. The lowest BCUT2D eigenvalue weighted by molar-refractivity contribution is -0.213. The van der Waals surface area contributed by atoms with E-state index in [4.69, 9.17) is 9.47 Å². The van der Waals surface area contributed by atoms with E-state index in [2.05, 4.69) is 24.3 Å². The molecule has 1 aliphatic carbocycles. The number of benzene rings is 2. The molecule has 1 amide bonds. The van der Waals surface area contributed by atoms with Gasteiger partial charge in [-0.2, -0.15) is 0 Å². The van der Waals surface area contributed by atoms with Crippen molar-refractivity contribution >= 4 is 6.09 Å². The fourth-order valence-corrected chi connectivity index (χ4v) is 4.89. The zero-order valence-corrected chi connectivity index (χ0v) is 15.8. The van der Waals surface area contributed by atoms with Gasteiger partial charge in [-0.25, -0.2) is 4.79 Å². The van der Waals surface area contributed by atoms with Gasteiger partial charge in [-0.3, -0.25) is 0 Å². The van der Waals surface area contributed by atoms with Crippen LogP contribution in [0, 0.1) is 0 Å². The third kappa shape index (κ3) is 2.81. The van der Waals surface area contributed by atoms with E-state index in [0.29, 0.717) is 26.4 Å². The van der Waals surface area contributed by atoms with Gasteiger partial charge in [0, 0.05) is 12.5 Å². The number of fused-ring (bicyclic) bond motifs is 3. The van der Waals surface area contributed by atoms with Crippen LogP contribution in [0.2, 0.25) is 0 Å². The zero-order chi connectivity index (χ0) is 19.1. The topological polar surface area (TPSA) is 59.0 Å². The first kappa shape index (κ1) is 17.7. The van der Waals surface area contributed by atoms with Gasteiger partial charge in [0.05, 0.1) is 19.3 Å². The summed E-state index contributed by atoms with van der Waals surface area (Å²) in [4.78, 5) is 14.6. The van der Waals surface area contributed by atoms with Crippen LogP contribution in [0.4, 0.5) is 4.79 Å². The van der Waals surface area contributed by atoms with Gasteiger partial charge in [0.2, 0.25) is 0 Å². The Hall–Kier alpha value is -2.37. The molecule has 3 aliphatic rings. The number of piperidine rings is 1. The van der Waals surface area contributed by atoms with Crippen molar-refractivity contribution in [1.82, 2.24) is 4.90 Å². The predicted molar refractivity (Wildman–Crippen MR) is 105 cm³/mol. The lowest BCUT2D eigenvalue weighted by Crippen LogP contribution is -2.65. The first-order valence-electron chi connectivity index (χ1n) is 10.1. The highest BCUT2D eigenvalue weighted by molar-refractivity contribution is 5.79. The van der Waals surface area contributed by atoms with Crippen molar-refractivity contribution in [2.45, 2.75) is 36.8 Å². The van der Waals surface area contributed by atoms with Gasteiger partial charge in [-0.05, 0) is 41.5 Å². The molecule has 2 aromatic rings. The third-order valence-corrected chi connectivity index (χ3v) is 6.40. The Morgan fingerprint density at radius 2 is 1.71 bits per heavy atom. The molecule has 5 nitrogen and oxygen atoms in total. The highest BCUT2D eigenvalue weighted by Gasteiger charge is 2.49. The molecule has 1 N–H and O–H groups in total. The number of carbonyl (C=O) groups excluding carboxylic acids is 1. The number of aliphatic hydroxyl groups is 1. The van der Waals surface area contributed by atoms with Gasteiger partial charge < -0.3 is 19.5 Å². The molecule has 5 heteroatoms. The molecule has 0 bridgehead atoms. The molecular weight excluding hydrogens is 354 g/mol. The molecule has 0 saturated carbocycles. The van der Waals surface area contributed by atoms with Gasteiger partial charge >= 0.3 is 6.09 Å².